The Morgan fingerprint density at radius 1 is 0.698 bits per heavy atom. The molecule has 0 fully saturated rings. The van der Waals surface area contributed by atoms with Gasteiger partial charge in [-0.1, -0.05) is 122 Å². The highest BCUT2D eigenvalue weighted by molar-refractivity contribution is 7.47. The van der Waals surface area contributed by atoms with Crippen LogP contribution in [0.25, 0.3) is 0 Å². The van der Waals surface area contributed by atoms with Crippen LogP contribution in [0.1, 0.15) is 149 Å². The molecule has 0 spiro atoms. The molecule has 0 radical (unpaired) electrons. The van der Waals surface area contributed by atoms with Crippen molar-refractivity contribution in [3.8, 4) is 0 Å². The number of rotatable bonds is 33. The minimum Gasteiger partial charge on any atom is -0.457 e. The van der Waals surface area contributed by atoms with Crippen molar-refractivity contribution in [2.45, 2.75) is 155 Å². The zero-order valence-electron chi connectivity index (χ0n) is 27.7. The van der Waals surface area contributed by atoms with Crippen molar-refractivity contribution < 1.29 is 32.8 Å². The number of carbonyl (C=O) groups excluding carboxylic acids is 1. The third kappa shape index (κ3) is 32.2. The Bertz CT molecular complexity index is 717. The number of phosphoric acid groups is 1. The Kier molecular flexibility index (Phi) is 31.6. The van der Waals surface area contributed by atoms with Gasteiger partial charge in [0.1, 0.15) is 6.10 Å². The summed E-state index contributed by atoms with van der Waals surface area (Å²) in [5, 5.41) is 0. The fourth-order valence-electron chi connectivity index (χ4n) is 4.55. The van der Waals surface area contributed by atoms with Gasteiger partial charge >= 0.3 is 13.8 Å². The molecule has 0 aromatic carbocycles. The van der Waals surface area contributed by atoms with Gasteiger partial charge in [0.2, 0.25) is 0 Å². The summed E-state index contributed by atoms with van der Waals surface area (Å²) in [6.45, 7) is 4.85. The highest BCUT2D eigenvalue weighted by Gasteiger charge is 2.25. The van der Waals surface area contributed by atoms with Crippen molar-refractivity contribution in [3.05, 3.63) is 24.3 Å². The SMILES string of the molecule is CCCCC/C=C\C/C=C\CCCCCCCC(=O)OC(COCCCCCCCCCCC)COP(=O)(O)OCCN. The largest absolute Gasteiger partial charge is 0.472 e. The molecule has 0 heterocycles. The molecule has 0 rings (SSSR count). The molecule has 0 aliphatic carbocycles. The molecule has 0 amide bonds. The Balaban J connectivity index is 4.14. The average molecular weight is 632 g/mol. The van der Waals surface area contributed by atoms with Crippen molar-refractivity contribution in [1.29, 1.82) is 0 Å². The van der Waals surface area contributed by atoms with Crippen LogP contribution in [0.2, 0.25) is 0 Å². The normalized spacial score (nSPS) is 14.0. The van der Waals surface area contributed by atoms with Gasteiger partial charge in [-0.05, 0) is 44.9 Å². The lowest BCUT2D eigenvalue weighted by molar-refractivity contribution is -0.154. The molecule has 0 saturated heterocycles. The average Bonchev–Trinajstić information content (AvgIpc) is 2.99. The third-order valence-corrected chi connectivity index (χ3v) is 8.11. The van der Waals surface area contributed by atoms with E-state index in [1.807, 2.05) is 0 Å². The summed E-state index contributed by atoms with van der Waals surface area (Å²) in [7, 11) is -4.26. The molecule has 0 bridgehead atoms. The summed E-state index contributed by atoms with van der Waals surface area (Å²) in [4.78, 5) is 22.3. The monoisotopic (exact) mass is 631 g/mol. The van der Waals surface area contributed by atoms with Gasteiger partial charge in [0.15, 0.2) is 0 Å². The quantitative estimate of drug-likeness (QED) is 0.0318. The second-order valence-corrected chi connectivity index (χ2v) is 12.8. The number of hydrogen-bond acceptors (Lipinski definition) is 7. The van der Waals surface area contributed by atoms with Crippen molar-refractivity contribution in [2.24, 2.45) is 5.73 Å². The summed E-state index contributed by atoms with van der Waals surface area (Å²) in [6.07, 6.45) is 31.8. The molecular formula is C34H66NO7P. The maximum atomic E-state index is 12.5. The predicted octanol–water partition coefficient (Wildman–Crippen LogP) is 9.35. The van der Waals surface area contributed by atoms with Gasteiger partial charge in [-0.3, -0.25) is 13.8 Å². The second-order valence-electron chi connectivity index (χ2n) is 11.4. The molecular weight excluding hydrogens is 565 g/mol. The molecule has 43 heavy (non-hydrogen) atoms. The first-order valence-corrected chi connectivity index (χ1v) is 18.8. The summed E-state index contributed by atoms with van der Waals surface area (Å²) in [5.74, 6) is -0.346. The van der Waals surface area contributed by atoms with Crippen LogP contribution >= 0.6 is 7.82 Å². The molecule has 8 nitrogen and oxygen atoms in total. The van der Waals surface area contributed by atoms with Crippen LogP contribution in [0.15, 0.2) is 24.3 Å². The molecule has 0 aromatic heterocycles. The first-order chi connectivity index (χ1) is 20.9. The Morgan fingerprint density at radius 3 is 1.86 bits per heavy atom. The van der Waals surface area contributed by atoms with E-state index < -0.39 is 13.9 Å². The first-order valence-electron chi connectivity index (χ1n) is 17.3. The van der Waals surface area contributed by atoms with E-state index >= 15 is 0 Å². The number of unbranched alkanes of at least 4 members (excludes halogenated alkanes) is 16. The molecule has 9 heteroatoms. The summed E-state index contributed by atoms with van der Waals surface area (Å²) in [6, 6.07) is 0. The predicted molar refractivity (Wildman–Crippen MR) is 178 cm³/mol. The molecule has 3 N–H and O–H groups in total. The summed E-state index contributed by atoms with van der Waals surface area (Å²) < 4.78 is 33.1. The van der Waals surface area contributed by atoms with Gasteiger partial charge in [0.25, 0.3) is 0 Å². The summed E-state index contributed by atoms with van der Waals surface area (Å²) in [5.41, 5.74) is 5.33. The third-order valence-electron chi connectivity index (χ3n) is 7.12. The smallest absolute Gasteiger partial charge is 0.457 e. The number of phosphoric ester groups is 1. The first kappa shape index (κ1) is 42.0. The second kappa shape index (κ2) is 32.4. The standard InChI is InChI=1S/C34H66NO7P/c1-3-5-7-9-11-13-14-15-16-17-18-19-21-23-25-27-34(36)42-33(32-41-43(37,38)40-30-28-35)31-39-29-26-24-22-20-12-10-8-6-4-2/h11,13,15-16,33H,3-10,12,14,17-32,35H2,1-2H3,(H,37,38)/b13-11-,16-15-. The van der Waals surface area contributed by atoms with E-state index in [1.165, 1.54) is 70.6 Å². The highest BCUT2D eigenvalue weighted by Crippen LogP contribution is 2.43. The van der Waals surface area contributed by atoms with Crippen LogP contribution in [0, 0.1) is 0 Å². The maximum Gasteiger partial charge on any atom is 0.472 e. The number of allylic oxidation sites excluding steroid dienone is 4. The van der Waals surface area contributed by atoms with Gasteiger partial charge in [-0.15, -0.1) is 0 Å². The van der Waals surface area contributed by atoms with E-state index in [-0.39, 0.29) is 32.3 Å². The van der Waals surface area contributed by atoms with E-state index in [1.54, 1.807) is 0 Å². The fourth-order valence-corrected chi connectivity index (χ4v) is 5.32. The van der Waals surface area contributed by atoms with E-state index in [4.69, 9.17) is 24.3 Å². The maximum absolute atomic E-state index is 12.5. The lowest BCUT2D eigenvalue weighted by Gasteiger charge is -2.20. The van der Waals surface area contributed by atoms with E-state index in [2.05, 4.69) is 38.2 Å². The lowest BCUT2D eigenvalue weighted by atomic mass is 10.1. The van der Waals surface area contributed by atoms with Gasteiger partial charge in [-0.25, -0.2) is 4.57 Å². The Labute approximate surface area is 264 Å². The van der Waals surface area contributed by atoms with Crippen LogP contribution in [0.4, 0.5) is 0 Å². The highest BCUT2D eigenvalue weighted by atomic mass is 31.2. The number of nitrogens with two attached hydrogens (primary N) is 1. The molecule has 2 unspecified atom stereocenters. The summed E-state index contributed by atoms with van der Waals surface area (Å²) >= 11 is 0. The Hall–Kier alpha value is -1.02. The topological polar surface area (TPSA) is 117 Å². The zero-order chi connectivity index (χ0) is 31.7. The van der Waals surface area contributed by atoms with Crippen LogP contribution in [0.3, 0.4) is 0 Å². The van der Waals surface area contributed by atoms with Crippen LogP contribution in [-0.2, 0) is 27.9 Å². The molecule has 0 aliphatic heterocycles. The van der Waals surface area contributed by atoms with Crippen molar-refractivity contribution in [1.82, 2.24) is 0 Å². The minimum atomic E-state index is -4.26. The fraction of sp³-hybridized carbons (Fsp3) is 0.853. The number of esters is 1. The minimum absolute atomic E-state index is 0.0971. The van der Waals surface area contributed by atoms with Gasteiger partial charge in [0, 0.05) is 19.6 Å². The van der Waals surface area contributed by atoms with E-state index in [0.29, 0.717) is 13.0 Å². The Morgan fingerprint density at radius 2 is 1.23 bits per heavy atom. The van der Waals surface area contributed by atoms with Crippen molar-refractivity contribution in [2.75, 3.05) is 33.0 Å². The van der Waals surface area contributed by atoms with Crippen LogP contribution in [0.5, 0.6) is 0 Å². The number of hydrogen-bond donors (Lipinski definition) is 2. The van der Waals surface area contributed by atoms with Crippen molar-refractivity contribution in [3.63, 3.8) is 0 Å². The van der Waals surface area contributed by atoms with Gasteiger partial charge < -0.3 is 20.1 Å². The zero-order valence-corrected chi connectivity index (χ0v) is 28.6. The lowest BCUT2D eigenvalue weighted by Crippen LogP contribution is -2.28. The van der Waals surface area contributed by atoms with Gasteiger partial charge in [0.05, 0.1) is 19.8 Å². The molecule has 254 valence electrons. The van der Waals surface area contributed by atoms with Crippen LogP contribution in [-0.4, -0.2) is 49.9 Å². The van der Waals surface area contributed by atoms with Crippen molar-refractivity contribution >= 4 is 13.8 Å². The number of ether oxygens (including phenoxy) is 2. The van der Waals surface area contributed by atoms with Gasteiger partial charge in [-0.2, -0.15) is 0 Å². The molecule has 0 saturated carbocycles. The van der Waals surface area contributed by atoms with E-state index in [9.17, 15) is 14.3 Å². The molecule has 0 aliphatic rings. The molecule has 2 atom stereocenters. The van der Waals surface area contributed by atoms with Crippen LogP contribution < -0.4 is 5.73 Å². The molecule has 0 aromatic rings. The van der Waals surface area contributed by atoms with E-state index in [0.717, 1.165) is 57.8 Å². The number of carbonyl (C=O) groups is 1.